The summed E-state index contributed by atoms with van der Waals surface area (Å²) in [6.07, 6.45) is 11.3. The van der Waals surface area contributed by atoms with E-state index >= 15 is 0 Å². The molecule has 0 aliphatic heterocycles. The van der Waals surface area contributed by atoms with Crippen LogP contribution in [0, 0.1) is 24.0 Å². The minimum absolute atomic E-state index is 0.0838. The van der Waals surface area contributed by atoms with Crippen molar-refractivity contribution in [3.8, 4) is 18.1 Å². The Bertz CT molecular complexity index is 609. The molecule has 5 heteroatoms. The largest absolute Gasteiger partial charge is 0.475 e. The average Bonchev–Trinajstić information content (AvgIpc) is 2.52. The van der Waals surface area contributed by atoms with Gasteiger partial charge in [0, 0.05) is 12.1 Å². The van der Waals surface area contributed by atoms with Crippen molar-refractivity contribution >= 4 is 5.91 Å². The van der Waals surface area contributed by atoms with Gasteiger partial charge in [0.2, 0.25) is 0 Å². The fraction of sp³-hybridized carbons (Fsp3) is 0.353. The molecule has 1 aliphatic carbocycles. The Morgan fingerprint density at radius 2 is 2.05 bits per heavy atom. The second kappa shape index (κ2) is 7.60. The van der Waals surface area contributed by atoms with Gasteiger partial charge in [0.05, 0.1) is 0 Å². The van der Waals surface area contributed by atoms with Crippen molar-refractivity contribution in [2.75, 3.05) is 13.2 Å². The Morgan fingerprint density at radius 3 is 2.64 bits per heavy atom. The van der Waals surface area contributed by atoms with Crippen molar-refractivity contribution in [2.24, 2.45) is 0 Å². The van der Waals surface area contributed by atoms with Crippen LogP contribution in [0.25, 0.3) is 0 Å². The molecule has 0 bridgehead atoms. The van der Waals surface area contributed by atoms with E-state index in [2.05, 4.69) is 17.3 Å². The summed E-state index contributed by atoms with van der Waals surface area (Å²) >= 11 is 0. The number of benzene rings is 1. The SMILES string of the molecule is C#CCOc1c(F)cc(C(=O)NCC2=CCCCC2)cc1F. The van der Waals surface area contributed by atoms with Gasteiger partial charge in [-0.2, -0.15) is 0 Å². The maximum absolute atomic E-state index is 13.8. The summed E-state index contributed by atoms with van der Waals surface area (Å²) in [7, 11) is 0. The minimum atomic E-state index is -0.947. The summed E-state index contributed by atoms with van der Waals surface area (Å²) in [4.78, 5) is 12.0. The molecule has 0 fully saturated rings. The first-order chi connectivity index (χ1) is 10.6. The van der Waals surface area contributed by atoms with E-state index in [4.69, 9.17) is 11.2 Å². The van der Waals surface area contributed by atoms with Crippen LogP contribution in [0.3, 0.4) is 0 Å². The van der Waals surface area contributed by atoms with Crippen molar-refractivity contribution in [1.82, 2.24) is 5.32 Å². The molecule has 1 amide bonds. The molecule has 0 saturated heterocycles. The molecular formula is C17H17F2NO2. The third kappa shape index (κ3) is 4.08. The topological polar surface area (TPSA) is 38.3 Å². The van der Waals surface area contributed by atoms with Gasteiger partial charge in [-0.25, -0.2) is 8.78 Å². The van der Waals surface area contributed by atoms with Crippen LogP contribution in [0.4, 0.5) is 8.78 Å². The van der Waals surface area contributed by atoms with Gasteiger partial charge in [0.1, 0.15) is 6.61 Å². The first-order valence-electron chi connectivity index (χ1n) is 7.13. The molecule has 0 aromatic heterocycles. The lowest BCUT2D eigenvalue weighted by Gasteiger charge is -2.14. The van der Waals surface area contributed by atoms with Crippen LogP contribution in [-0.2, 0) is 0 Å². The van der Waals surface area contributed by atoms with Gasteiger partial charge in [0.25, 0.3) is 5.91 Å². The quantitative estimate of drug-likeness (QED) is 0.670. The van der Waals surface area contributed by atoms with E-state index in [0.29, 0.717) is 6.54 Å². The smallest absolute Gasteiger partial charge is 0.251 e. The number of hydrogen-bond donors (Lipinski definition) is 1. The van der Waals surface area contributed by atoms with Crippen LogP contribution in [0.15, 0.2) is 23.8 Å². The summed E-state index contributed by atoms with van der Waals surface area (Å²) in [5, 5.41) is 2.67. The van der Waals surface area contributed by atoms with E-state index in [-0.39, 0.29) is 12.2 Å². The van der Waals surface area contributed by atoms with Crippen molar-refractivity contribution in [3.63, 3.8) is 0 Å². The highest BCUT2D eigenvalue weighted by Crippen LogP contribution is 2.23. The Hall–Kier alpha value is -2.35. The number of rotatable bonds is 5. The van der Waals surface area contributed by atoms with Crippen molar-refractivity contribution in [2.45, 2.75) is 25.7 Å². The molecule has 1 N–H and O–H groups in total. The van der Waals surface area contributed by atoms with E-state index in [1.807, 2.05) is 0 Å². The van der Waals surface area contributed by atoms with Crippen LogP contribution < -0.4 is 10.1 Å². The predicted molar refractivity (Wildman–Crippen MR) is 79.6 cm³/mol. The van der Waals surface area contributed by atoms with E-state index in [9.17, 15) is 13.6 Å². The van der Waals surface area contributed by atoms with Crippen LogP contribution in [-0.4, -0.2) is 19.1 Å². The van der Waals surface area contributed by atoms with E-state index in [0.717, 1.165) is 43.4 Å². The van der Waals surface area contributed by atoms with Gasteiger partial charge in [-0.1, -0.05) is 17.6 Å². The number of carbonyl (C=O) groups is 1. The molecule has 3 nitrogen and oxygen atoms in total. The van der Waals surface area contributed by atoms with Crippen LogP contribution in [0.1, 0.15) is 36.0 Å². The lowest BCUT2D eigenvalue weighted by atomic mass is 9.99. The molecule has 0 spiro atoms. The molecular weight excluding hydrogens is 288 g/mol. The summed E-state index contributed by atoms with van der Waals surface area (Å²) in [5.74, 6) is -0.856. The Balaban J connectivity index is 2.03. The maximum Gasteiger partial charge on any atom is 0.251 e. The zero-order valence-electron chi connectivity index (χ0n) is 12.1. The highest BCUT2D eigenvalue weighted by Gasteiger charge is 2.16. The lowest BCUT2D eigenvalue weighted by molar-refractivity contribution is 0.0955. The molecule has 0 unspecified atom stereocenters. The molecule has 2 rings (SSSR count). The average molecular weight is 305 g/mol. The maximum atomic E-state index is 13.8. The number of terminal acetylenes is 1. The molecule has 1 aromatic rings. The zero-order valence-corrected chi connectivity index (χ0v) is 12.1. The zero-order chi connectivity index (χ0) is 15.9. The third-order valence-electron chi connectivity index (χ3n) is 3.42. The number of ether oxygens (including phenoxy) is 1. The minimum Gasteiger partial charge on any atom is -0.475 e. The fourth-order valence-electron chi connectivity index (χ4n) is 2.30. The van der Waals surface area contributed by atoms with Gasteiger partial charge in [-0.15, -0.1) is 6.42 Å². The summed E-state index contributed by atoms with van der Waals surface area (Å²) in [5.41, 5.74) is 1.06. The normalized spacial score (nSPS) is 14.0. The van der Waals surface area contributed by atoms with Crippen molar-refractivity contribution in [3.05, 3.63) is 41.0 Å². The summed E-state index contributed by atoms with van der Waals surface area (Å²) in [6.45, 7) is 0.158. The number of hydrogen-bond acceptors (Lipinski definition) is 2. The second-order valence-electron chi connectivity index (χ2n) is 5.05. The van der Waals surface area contributed by atoms with Crippen molar-refractivity contribution in [1.29, 1.82) is 0 Å². The van der Waals surface area contributed by atoms with E-state index in [1.165, 1.54) is 0 Å². The monoisotopic (exact) mass is 305 g/mol. The first kappa shape index (κ1) is 16.0. The highest BCUT2D eigenvalue weighted by molar-refractivity contribution is 5.94. The van der Waals surface area contributed by atoms with E-state index in [1.54, 1.807) is 0 Å². The van der Waals surface area contributed by atoms with E-state index < -0.39 is 23.3 Å². The lowest BCUT2D eigenvalue weighted by Crippen LogP contribution is -2.26. The Kier molecular flexibility index (Phi) is 5.54. The van der Waals surface area contributed by atoms with Gasteiger partial charge >= 0.3 is 0 Å². The van der Waals surface area contributed by atoms with Gasteiger partial charge < -0.3 is 10.1 Å². The predicted octanol–water partition coefficient (Wildman–Crippen LogP) is 3.21. The third-order valence-corrected chi connectivity index (χ3v) is 3.42. The Labute approximate surface area is 128 Å². The fourth-order valence-corrected chi connectivity index (χ4v) is 2.30. The molecule has 0 saturated carbocycles. The number of allylic oxidation sites excluding steroid dienone is 1. The van der Waals surface area contributed by atoms with Gasteiger partial charge in [-0.05, 0) is 37.8 Å². The first-order valence-corrected chi connectivity index (χ1v) is 7.13. The molecule has 0 radical (unpaired) electrons. The standard InChI is InChI=1S/C17H17F2NO2/c1-2-8-22-16-14(18)9-13(10-15(16)19)17(21)20-11-12-6-4-3-5-7-12/h1,6,9-10H,3-5,7-8,11H2,(H,20,21). The van der Waals surface area contributed by atoms with Gasteiger partial charge in [-0.3, -0.25) is 4.79 Å². The summed E-state index contributed by atoms with van der Waals surface area (Å²) < 4.78 is 32.3. The Morgan fingerprint density at radius 1 is 1.32 bits per heavy atom. The molecule has 22 heavy (non-hydrogen) atoms. The van der Waals surface area contributed by atoms with Crippen LogP contribution >= 0.6 is 0 Å². The van der Waals surface area contributed by atoms with Crippen molar-refractivity contribution < 1.29 is 18.3 Å². The molecule has 1 aromatic carbocycles. The van der Waals surface area contributed by atoms with Gasteiger partial charge in [0.15, 0.2) is 17.4 Å². The molecule has 1 aliphatic rings. The second-order valence-corrected chi connectivity index (χ2v) is 5.05. The number of carbonyl (C=O) groups excluding carboxylic acids is 1. The molecule has 116 valence electrons. The number of nitrogens with one attached hydrogen (secondary N) is 1. The van der Waals surface area contributed by atoms with Crippen LogP contribution in [0.2, 0.25) is 0 Å². The number of halogens is 2. The van der Waals surface area contributed by atoms with Crippen LogP contribution in [0.5, 0.6) is 5.75 Å². The molecule has 0 atom stereocenters. The number of amides is 1. The highest BCUT2D eigenvalue weighted by atomic mass is 19.1. The molecule has 0 heterocycles. The summed E-state index contributed by atoms with van der Waals surface area (Å²) in [6, 6.07) is 1.89.